The lowest BCUT2D eigenvalue weighted by molar-refractivity contribution is 0.185. The number of hydrogen-bond donors (Lipinski definition) is 2. The number of hydrogen-bond acceptors (Lipinski definition) is 3. The zero-order valence-corrected chi connectivity index (χ0v) is 15.4. The first-order valence-electron chi connectivity index (χ1n) is 9.38. The van der Waals surface area contributed by atoms with Gasteiger partial charge in [-0.2, -0.15) is 0 Å². The maximum atomic E-state index is 9.31. The summed E-state index contributed by atoms with van der Waals surface area (Å²) in [6, 6.07) is 17.8. The SMILES string of the molecule is Cc1ccccc1CN1CCC(NC(C)c2cccc(CO)c2)CC1. The average Bonchev–Trinajstić information content (AvgIpc) is 2.65. The minimum absolute atomic E-state index is 0.109. The summed E-state index contributed by atoms with van der Waals surface area (Å²) in [5.41, 5.74) is 5.08. The van der Waals surface area contributed by atoms with Crippen molar-refractivity contribution in [2.75, 3.05) is 13.1 Å². The van der Waals surface area contributed by atoms with Gasteiger partial charge in [-0.1, -0.05) is 48.5 Å². The summed E-state index contributed by atoms with van der Waals surface area (Å²) in [5.74, 6) is 0. The van der Waals surface area contributed by atoms with E-state index in [9.17, 15) is 5.11 Å². The van der Waals surface area contributed by atoms with E-state index >= 15 is 0 Å². The van der Waals surface area contributed by atoms with Gasteiger partial charge < -0.3 is 10.4 Å². The molecule has 1 heterocycles. The minimum Gasteiger partial charge on any atom is -0.392 e. The summed E-state index contributed by atoms with van der Waals surface area (Å²) in [7, 11) is 0. The summed E-state index contributed by atoms with van der Waals surface area (Å²) in [6.45, 7) is 7.89. The highest BCUT2D eigenvalue weighted by atomic mass is 16.3. The first-order chi connectivity index (χ1) is 12.2. The molecule has 0 spiro atoms. The fourth-order valence-corrected chi connectivity index (χ4v) is 3.70. The van der Waals surface area contributed by atoms with E-state index in [1.165, 1.54) is 29.5 Å². The maximum Gasteiger partial charge on any atom is 0.0681 e. The second kappa shape index (κ2) is 8.61. The molecule has 0 radical (unpaired) electrons. The van der Waals surface area contributed by atoms with Crippen molar-refractivity contribution in [1.29, 1.82) is 0 Å². The van der Waals surface area contributed by atoms with Crippen LogP contribution in [0.25, 0.3) is 0 Å². The van der Waals surface area contributed by atoms with Gasteiger partial charge in [0.25, 0.3) is 0 Å². The van der Waals surface area contributed by atoms with Crippen molar-refractivity contribution in [2.45, 2.75) is 51.9 Å². The number of likely N-dealkylation sites (tertiary alicyclic amines) is 1. The van der Waals surface area contributed by atoms with Gasteiger partial charge in [0.15, 0.2) is 0 Å². The first-order valence-corrected chi connectivity index (χ1v) is 9.38. The van der Waals surface area contributed by atoms with E-state index in [0.717, 1.165) is 25.2 Å². The predicted octanol–water partition coefficient (Wildman–Crippen LogP) is 3.80. The monoisotopic (exact) mass is 338 g/mol. The fourth-order valence-electron chi connectivity index (χ4n) is 3.70. The van der Waals surface area contributed by atoms with E-state index < -0.39 is 0 Å². The zero-order chi connectivity index (χ0) is 17.6. The molecule has 3 heteroatoms. The molecule has 3 nitrogen and oxygen atoms in total. The van der Waals surface area contributed by atoms with Gasteiger partial charge in [0, 0.05) is 18.6 Å². The number of aryl methyl sites for hydroxylation is 1. The molecule has 1 saturated heterocycles. The van der Waals surface area contributed by atoms with E-state index in [1.54, 1.807) is 0 Å². The molecular weight excluding hydrogens is 308 g/mol. The first kappa shape index (κ1) is 18.1. The van der Waals surface area contributed by atoms with Crippen LogP contribution >= 0.6 is 0 Å². The molecule has 2 N–H and O–H groups in total. The van der Waals surface area contributed by atoms with Gasteiger partial charge in [-0.3, -0.25) is 4.90 Å². The van der Waals surface area contributed by atoms with E-state index in [-0.39, 0.29) is 6.61 Å². The Morgan fingerprint density at radius 1 is 1.12 bits per heavy atom. The number of aliphatic hydroxyl groups is 1. The molecule has 134 valence electrons. The molecule has 1 fully saturated rings. The van der Waals surface area contributed by atoms with Crippen LogP contribution < -0.4 is 5.32 Å². The number of piperidine rings is 1. The van der Waals surface area contributed by atoms with Crippen molar-refractivity contribution in [3.05, 3.63) is 70.8 Å². The highest BCUT2D eigenvalue weighted by molar-refractivity contribution is 5.26. The number of benzene rings is 2. The molecule has 25 heavy (non-hydrogen) atoms. The molecule has 2 aromatic rings. The molecule has 0 amide bonds. The van der Waals surface area contributed by atoms with E-state index in [0.29, 0.717) is 12.1 Å². The molecule has 1 atom stereocenters. The standard InChI is InChI=1S/C22H30N2O/c1-17-6-3-4-8-21(17)15-24-12-10-22(11-13-24)23-18(2)20-9-5-7-19(14-20)16-25/h3-9,14,18,22-23,25H,10-13,15-16H2,1-2H3. The fraction of sp³-hybridized carbons (Fsp3) is 0.455. The van der Waals surface area contributed by atoms with Crippen LogP contribution in [0.15, 0.2) is 48.5 Å². The van der Waals surface area contributed by atoms with E-state index in [2.05, 4.69) is 60.5 Å². The van der Waals surface area contributed by atoms with Crippen LogP contribution in [0.3, 0.4) is 0 Å². The zero-order valence-electron chi connectivity index (χ0n) is 15.4. The second-order valence-electron chi connectivity index (χ2n) is 7.27. The molecule has 0 aromatic heterocycles. The third-order valence-corrected chi connectivity index (χ3v) is 5.36. The third kappa shape index (κ3) is 4.91. The molecule has 0 bridgehead atoms. The second-order valence-corrected chi connectivity index (χ2v) is 7.27. The van der Waals surface area contributed by atoms with Crippen LogP contribution in [0.5, 0.6) is 0 Å². The maximum absolute atomic E-state index is 9.31. The Balaban J connectivity index is 1.49. The molecule has 2 aromatic carbocycles. The smallest absolute Gasteiger partial charge is 0.0681 e. The van der Waals surface area contributed by atoms with E-state index in [4.69, 9.17) is 0 Å². The third-order valence-electron chi connectivity index (χ3n) is 5.36. The van der Waals surface area contributed by atoms with Gasteiger partial charge in [0.1, 0.15) is 0 Å². The molecule has 1 aliphatic rings. The lowest BCUT2D eigenvalue weighted by atomic mass is 9.99. The highest BCUT2D eigenvalue weighted by Crippen LogP contribution is 2.20. The van der Waals surface area contributed by atoms with Crippen LogP contribution in [0.4, 0.5) is 0 Å². The van der Waals surface area contributed by atoms with Crippen LogP contribution in [-0.4, -0.2) is 29.1 Å². The van der Waals surface area contributed by atoms with Crippen molar-refractivity contribution in [2.24, 2.45) is 0 Å². The number of nitrogens with zero attached hydrogens (tertiary/aromatic N) is 1. The Kier molecular flexibility index (Phi) is 6.24. The van der Waals surface area contributed by atoms with Gasteiger partial charge in [0.05, 0.1) is 6.61 Å². The minimum atomic E-state index is 0.109. The van der Waals surface area contributed by atoms with Gasteiger partial charge in [0.2, 0.25) is 0 Å². The molecule has 3 rings (SSSR count). The molecule has 1 unspecified atom stereocenters. The van der Waals surface area contributed by atoms with Crippen molar-refractivity contribution < 1.29 is 5.11 Å². The number of rotatable bonds is 6. The molecule has 0 saturated carbocycles. The summed E-state index contributed by atoms with van der Waals surface area (Å²) in [6.07, 6.45) is 2.38. The highest BCUT2D eigenvalue weighted by Gasteiger charge is 2.21. The Morgan fingerprint density at radius 3 is 2.60 bits per heavy atom. The Morgan fingerprint density at radius 2 is 1.88 bits per heavy atom. The molecular formula is C22H30N2O. The van der Waals surface area contributed by atoms with Gasteiger partial charge in [-0.15, -0.1) is 0 Å². The summed E-state index contributed by atoms with van der Waals surface area (Å²) < 4.78 is 0. The number of aliphatic hydroxyl groups excluding tert-OH is 1. The number of nitrogens with one attached hydrogen (secondary N) is 1. The Labute approximate surface area is 151 Å². The summed E-state index contributed by atoms with van der Waals surface area (Å²) in [5, 5.41) is 13.1. The molecule has 0 aliphatic carbocycles. The predicted molar refractivity (Wildman–Crippen MR) is 103 cm³/mol. The quantitative estimate of drug-likeness (QED) is 0.841. The van der Waals surface area contributed by atoms with E-state index in [1.807, 2.05) is 12.1 Å². The van der Waals surface area contributed by atoms with Crippen LogP contribution in [0.1, 0.15) is 48.1 Å². The van der Waals surface area contributed by atoms with Gasteiger partial charge >= 0.3 is 0 Å². The van der Waals surface area contributed by atoms with Crippen LogP contribution in [0, 0.1) is 6.92 Å². The van der Waals surface area contributed by atoms with Gasteiger partial charge in [-0.05, 0) is 62.0 Å². The van der Waals surface area contributed by atoms with Gasteiger partial charge in [-0.25, -0.2) is 0 Å². The van der Waals surface area contributed by atoms with Crippen LogP contribution in [0.2, 0.25) is 0 Å². The summed E-state index contributed by atoms with van der Waals surface area (Å²) >= 11 is 0. The van der Waals surface area contributed by atoms with Crippen LogP contribution in [-0.2, 0) is 13.2 Å². The van der Waals surface area contributed by atoms with Crippen molar-refractivity contribution in [3.8, 4) is 0 Å². The van der Waals surface area contributed by atoms with Crippen molar-refractivity contribution in [1.82, 2.24) is 10.2 Å². The average molecular weight is 338 g/mol. The topological polar surface area (TPSA) is 35.5 Å². The lowest BCUT2D eigenvalue weighted by Crippen LogP contribution is -2.43. The van der Waals surface area contributed by atoms with Crippen molar-refractivity contribution in [3.63, 3.8) is 0 Å². The Hall–Kier alpha value is -1.68. The largest absolute Gasteiger partial charge is 0.392 e. The molecule has 1 aliphatic heterocycles. The Bertz CT molecular complexity index is 677. The lowest BCUT2D eigenvalue weighted by Gasteiger charge is -2.34. The van der Waals surface area contributed by atoms with Crippen molar-refractivity contribution >= 4 is 0 Å². The normalized spacial score (nSPS) is 17.6. The summed E-state index contributed by atoms with van der Waals surface area (Å²) in [4.78, 5) is 2.57.